The van der Waals surface area contributed by atoms with Gasteiger partial charge in [-0.3, -0.25) is 4.79 Å². The number of primary amides is 1. The first kappa shape index (κ1) is 9.98. The van der Waals surface area contributed by atoms with Crippen LogP contribution in [0.1, 0.15) is 15.9 Å². The van der Waals surface area contributed by atoms with E-state index in [2.05, 4.69) is 38.5 Å². The maximum atomic E-state index is 11.0. The zero-order valence-electron chi connectivity index (χ0n) is 6.40. The van der Waals surface area contributed by atoms with Crippen molar-refractivity contribution in [3.63, 3.8) is 0 Å². The molecule has 4 heteroatoms. The lowest BCUT2D eigenvalue weighted by Gasteiger charge is -2.05. The average Bonchev–Trinajstić information content (AvgIpc) is 1.97. The highest BCUT2D eigenvalue weighted by atomic mass is 127. The second-order valence-corrected chi connectivity index (χ2v) is 4.37. The Morgan fingerprint density at radius 1 is 1.58 bits per heavy atom. The van der Waals surface area contributed by atoms with Gasteiger partial charge >= 0.3 is 0 Å². The molecule has 0 spiro atoms. The fraction of sp³-hybridized carbons (Fsp3) is 0.125. The van der Waals surface area contributed by atoms with Crippen LogP contribution in [0.3, 0.4) is 0 Å². The van der Waals surface area contributed by atoms with Crippen LogP contribution in [0.4, 0.5) is 0 Å². The van der Waals surface area contributed by atoms with E-state index in [1.165, 1.54) is 0 Å². The second kappa shape index (κ2) is 3.74. The minimum Gasteiger partial charge on any atom is -0.366 e. The molecule has 1 rings (SSSR count). The number of hydrogen-bond acceptors (Lipinski definition) is 1. The van der Waals surface area contributed by atoms with Crippen molar-refractivity contribution >= 4 is 44.4 Å². The molecule has 0 saturated heterocycles. The molecule has 0 aliphatic carbocycles. The van der Waals surface area contributed by atoms with E-state index in [1.54, 1.807) is 0 Å². The lowest BCUT2D eigenvalue weighted by Crippen LogP contribution is -2.14. The maximum Gasteiger partial charge on any atom is 0.250 e. The van der Waals surface area contributed by atoms with E-state index < -0.39 is 5.91 Å². The molecular weight excluding hydrogens is 333 g/mol. The van der Waals surface area contributed by atoms with E-state index in [1.807, 2.05) is 19.1 Å². The summed E-state index contributed by atoms with van der Waals surface area (Å²) < 4.78 is 1.67. The Morgan fingerprint density at radius 3 is 2.58 bits per heavy atom. The highest BCUT2D eigenvalue weighted by Crippen LogP contribution is 2.25. The summed E-state index contributed by atoms with van der Waals surface area (Å²) in [5, 5.41) is 0. The number of halogens is 2. The van der Waals surface area contributed by atoms with Crippen molar-refractivity contribution in [2.75, 3.05) is 0 Å². The van der Waals surface area contributed by atoms with Gasteiger partial charge in [-0.2, -0.15) is 0 Å². The van der Waals surface area contributed by atoms with Gasteiger partial charge in [0.25, 0.3) is 5.91 Å². The molecule has 0 atom stereocenters. The second-order valence-electron chi connectivity index (χ2n) is 2.42. The molecule has 0 aliphatic heterocycles. The molecular formula is C8H7BrINO. The lowest BCUT2D eigenvalue weighted by atomic mass is 10.1. The lowest BCUT2D eigenvalue weighted by molar-refractivity contribution is 0.0998. The predicted octanol–water partition coefficient (Wildman–Crippen LogP) is 2.46. The zero-order valence-corrected chi connectivity index (χ0v) is 10.1. The van der Waals surface area contributed by atoms with Crippen molar-refractivity contribution in [2.24, 2.45) is 5.73 Å². The minimum atomic E-state index is -0.394. The van der Waals surface area contributed by atoms with Gasteiger partial charge in [0.2, 0.25) is 0 Å². The predicted molar refractivity (Wildman–Crippen MR) is 60.1 cm³/mol. The highest BCUT2D eigenvalue weighted by Gasteiger charge is 2.11. The Kier molecular flexibility index (Phi) is 3.11. The van der Waals surface area contributed by atoms with Gasteiger partial charge in [-0.15, -0.1) is 0 Å². The van der Waals surface area contributed by atoms with Crippen molar-refractivity contribution in [3.8, 4) is 0 Å². The Balaban J connectivity index is 3.43. The molecule has 0 heterocycles. The molecule has 0 saturated carbocycles. The van der Waals surface area contributed by atoms with Crippen LogP contribution >= 0.6 is 38.5 Å². The molecule has 0 fully saturated rings. The Morgan fingerprint density at radius 2 is 2.17 bits per heavy atom. The summed E-state index contributed by atoms with van der Waals surface area (Å²) in [4.78, 5) is 11.0. The quantitative estimate of drug-likeness (QED) is 0.785. The smallest absolute Gasteiger partial charge is 0.250 e. The highest BCUT2D eigenvalue weighted by molar-refractivity contribution is 14.1. The normalized spacial score (nSPS) is 9.92. The van der Waals surface area contributed by atoms with Gasteiger partial charge in [0.15, 0.2) is 0 Å². The van der Waals surface area contributed by atoms with Gasteiger partial charge in [-0.05, 0) is 57.1 Å². The number of carbonyl (C=O) groups is 1. The van der Waals surface area contributed by atoms with Gasteiger partial charge in [-0.25, -0.2) is 0 Å². The maximum absolute atomic E-state index is 11.0. The number of aryl methyl sites for hydroxylation is 1. The average molecular weight is 340 g/mol. The van der Waals surface area contributed by atoms with Crippen molar-refractivity contribution in [2.45, 2.75) is 6.92 Å². The number of nitrogens with two attached hydrogens (primary N) is 1. The minimum absolute atomic E-state index is 0.394. The van der Waals surface area contributed by atoms with E-state index in [9.17, 15) is 4.79 Å². The Bertz CT molecular complexity index is 338. The topological polar surface area (TPSA) is 43.1 Å². The number of amides is 1. The van der Waals surface area contributed by atoms with Crippen LogP contribution in [0, 0.1) is 10.5 Å². The molecule has 1 aromatic carbocycles. The van der Waals surface area contributed by atoms with Gasteiger partial charge in [-0.1, -0.05) is 6.07 Å². The molecule has 0 unspecified atom stereocenters. The summed E-state index contributed by atoms with van der Waals surface area (Å²) in [7, 11) is 0. The van der Waals surface area contributed by atoms with Gasteiger partial charge in [0.1, 0.15) is 0 Å². The van der Waals surface area contributed by atoms with Crippen LogP contribution in [0.15, 0.2) is 16.6 Å². The third-order valence-corrected chi connectivity index (χ3v) is 3.45. The van der Waals surface area contributed by atoms with Crippen molar-refractivity contribution in [1.29, 1.82) is 0 Å². The summed E-state index contributed by atoms with van der Waals surface area (Å²) >= 11 is 5.41. The monoisotopic (exact) mass is 339 g/mol. The van der Waals surface area contributed by atoms with Crippen LogP contribution in [0.25, 0.3) is 0 Å². The number of benzene rings is 1. The first-order valence-corrected chi connectivity index (χ1v) is 5.15. The molecule has 0 radical (unpaired) electrons. The first-order chi connectivity index (χ1) is 5.54. The largest absolute Gasteiger partial charge is 0.366 e. The first-order valence-electron chi connectivity index (χ1n) is 3.28. The third kappa shape index (κ3) is 1.80. The van der Waals surface area contributed by atoms with Crippen molar-refractivity contribution in [1.82, 2.24) is 0 Å². The van der Waals surface area contributed by atoms with E-state index >= 15 is 0 Å². The molecule has 64 valence electrons. The summed E-state index contributed by atoms with van der Waals surface area (Å²) in [5.74, 6) is -0.394. The molecule has 12 heavy (non-hydrogen) atoms. The Labute approximate surface area is 92.8 Å². The number of hydrogen-bond donors (Lipinski definition) is 1. The number of rotatable bonds is 1. The van der Waals surface area contributed by atoms with E-state index in [-0.39, 0.29) is 0 Å². The molecule has 0 aliphatic rings. The van der Waals surface area contributed by atoms with Crippen LogP contribution in [-0.4, -0.2) is 5.91 Å². The van der Waals surface area contributed by atoms with E-state index in [4.69, 9.17) is 5.73 Å². The SMILES string of the molecule is Cc1ccc(I)c(C(N)=O)c1Br. The third-order valence-electron chi connectivity index (χ3n) is 1.53. The van der Waals surface area contributed by atoms with Gasteiger partial charge in [0, 0.05) is 8.04 Å². The van der Waals surface area contributed by atoms with Crippen LogP contribution in [-0.2, 0) is 0 Å². The molecule has 0 bridgehead atoms. The fourth-order valence-corrected chi connectivity index (χ4v) is 2.51. The zero-order chi connectivity index (χ0) is 9.30. The molecule has 1 aromatic rings. The van der Waals surface area contributed by atoms with Gasteiger partial charge in [0.05, 0.1) is 5.56 Å². The summed E-state index contributed by atoms with van der Waals surface area (Å²) in [6.45, 7) is 1.92. The molecule has 2 nitrogen and oxygen atoms in total. The fourth-order valence-electron chi connectivity index (χ4n) is 0.883. The van der Waals surface area contributed by atoms with Crippen molar-refractivity contribution in [3.05, 3.63) is 31.3 Å². The Hall–Kier alpha value is -0.100. The summed E-state index contributed by atoms with van der Waals surface area (Å²) in [6.07, 6.45) is 0. The molecule has 1 amide bonds. The van der Waals surface area contributed by atoms with E-state index in [0.29, 0.717) is 5.56 Å². The van der Waals surface area contributed by atoms with Crippen molar-refractivity contribution < 1.29 is 4.79 Å². The summed E-state index contributed by atoms with van der Waals surface area (Å²) in [6, 6.07) is 3.82. The number of carbonyl (C=O) groups excluding carboxylic acids is 1. The van der Waals surface area contributed by atoms with Crippen LogP contribution in [0.2, 0.25) is 0 Å². The van der Waals surface area contributed by atoms with Crippen LogP contribution < -0.4 is 5.73 Å². The van der Waals surface area contributed by atoms with Crippen LogP contribution in [0.5, 0.6) is 0 Å². The summed E-state index contributed by atoms with van der Waals surface area (Å²) in [5.41, 5.74) is 6.79. The van der Waals surface area contributed by atoms with E-state index in [0.717, 1.165) is 13.6 Å². The van der Waals surface area contributed by atoms with Gasteiger partial charge < -0.3 is 5.73 Å². The molecule has 2 N–H and O–H groups in total. The molecule has 0 aromatic heterocycles. The standard InChI is InChI=1S/C8H7BrINO/c1-4-2-3-5(10)6(7(4)9)8(11)12/h2-3H,1H3,(H2,11,12).